The Morgan fingerprint density at radius 2 is 1.46 bits per heavy atom. The van der Waals surface area contributed by atoms with Crippen molar-refractivity contribution < 1.29 is 19.1 Å². The number of carbonyl (C=O) groups excluding carboxylic acids is 2. The van der Waals surface area contributed by atoms with E-state index in [9.17, 15) is 9.59 Å². The fraction of sp³-hybridized carbons (Fsp3) is 0.889. The summed E-state index contributed by atoms with van der Waals surface area (Å²) in [6.07, 6.45) is 4.00. The fourth-order valence-electron chi connectivity index (χ4n) is 1.95. The van der Waals surface area contributed by atoms with E-state index in [-0.39, 0.29) is 23.4 Å². The summed E-state index contributed by atoms with van der Waals surface area (Å²) in [5, 5.41) is 2.75. The van der Waals surface area contributed by atoms with Crippen molar-refractivity contribution in [3.8, 4) is 0 Å². The summed E-state index contributed by atoms with van der Waals surface area (Å²) in [7, 11) is 0. The van der Waals surface area contributed by atoms with Gasteiger partial charge in [-0.05, 0) is 74.1 Å². The molecular weight excluding hydrogens is 308 g/mol. The van der Waals surface area contributed by atoms with Crippen LogP contribution in [0.25, 0.3) is 0 Å². The van der Waals surface area contributed by atoms with Crippen molar-refractivity contribution in [2.24, 2.45) is 0 Å². The molecule has 0 bridgehead atoms. The van der Waals surface area contributed by atoms with Crippen LogP contribution in [0.4, 0.5) is 9.59 Å². The summed E-state index contributed by atoms with van der Waals surface area (Å²) in [5.74, 6) is 0. The normalized spacial score (nSPS) is 17.3. The number of alkyl carbamates (subject to hydrolysis) is 1. The van der Waals surface area contributed by atoms with Gasteiger partial charge in [-0.15, -0.1) is 0 Å². The molecule has 0 aromatic rings. The zero-order chi connectivity index (χ0) is 18.5. The van der Waals surface area contributed by atoms with Gasteiger partial charge in [0.2, 0.25) is 0 Å². The van der Waals surface area contributed by atoms with Gasteiger partial charge in [0.05, 0.1) is 0 Å². The highest BCUT2D eigenvalue weighted by Crippen LogP contribution is 2.27. The maximum Gasteiger partial charge on any atom is 0.410 e. The van der Waals surface area contributed by atoms with E-state index < -0.39 is 0 Å². The van der Waals surface area contributed by atoms with Crippen molar-refractivity contribution in [2.75, 3.05) is 6.54 Å². The topological polar surface area (TPSA) is 67.9 Å². The van der Waals surface area contributed by atoms with Gasteiger partial charge >= 0.3 is 12.2 Å². The minimum absolute atomic E-state index is 0.169. The molecule has 1 N–H and O–H groups in total. The van der Waals surface area contributed by atoms with Gasteiger partial charge in [-0.1, -0.05) is 0 Å². The predicted octanol–water partition coefficient (Wildman–Crippen LogP) is 4.08. The molecule has 24 heavy (non-hydrogen) atoms. The first-order valence-corrected chi connectivity index (χ1v) is 8.90. The number of carbonyl (C=O) groups is 2. The minimum Gasteiger partial charge on any atom is -0.444 e. The van der Waals surface area contributed by atoms with Crippen LogP contribution in [0.5, 0.6) is 0 Å². The van der Waals surface area contributed by atoms with E-state index in [0.29, 0.717) is 12.1 Å². The molecule has 140 valence electrons. The average Bonchev–Trinajstić information content (AvgIpc) is 3.19. The molecule has 0 aromatic carbocycles. The van der Waals surface area contributed by atoms with Crippen molar-refractivity contribution in [2.45, 2.75) is 97.4 Å². The standard InChI is InChI=1S/C10H19NO2.C8H15NO2/c1-5-11(8-6-7-8)9(12)13-10(2,3)4;1-8(2,3)11-7(10)9-6-4-5-6/h8H,5-7H2,1-4H3;6H,4-5H2,1-3H3,(H,9,10). The minimum atomic E-state index is -0.376. The van der Waals surface area contributed by atoms with Gasteiger partial charge in [-0.2, -0.15) is 0 Å². The molecule has 2 amide bonds. The van der Waals surface area contributed by atoms with Crippen LogP contribution in [0.1, 0.15) is 74.1 Å². The first kappa shape index (κ1) is 20.6. The van der Waals surface area contributed by atoms with Gasteiger partial charge in [0.15, 0.2) is 0 Å². The molecule has 0 heterocycles. The Bertz CT molecular complexity index is 429. The van der Waals surface area contributed by atoms with Crippen molar-refractivity contribution >= 4 is 12.2 Å². The Labute approximate surface area is 146 Å². The van der Waals surface area contributed by atoms with Gasteiger partial charge in [0.1, 0.15) is 11.2 Å². The summed E-state index contributed by atoms with van der Waals surface area (Å²) in [4.78, 5) is 24.4. The SMILES string of the molecule is CC(C)(C)OC(=O)NC1CC1.CCN(C(=O)OC(C)(C)C)C1CC1. The van der Waals surface area contributed by atoms with Crippen LogP contribution in [0, 0.1) is 0 Å². The molecule has 2 aliphatic carbocycles. The molecule has 0 radical (unpaired) electrons. The number of amides is 2. The Morgan fingerprint density at radius 1 is 0.958 bits per heavy atom. The van der Waals surface area contributed by atoms with Gasteiger partial charge < -0.3 is 19.7 Å². The van der Waals surface area contributed by atoms with E-state index in [1.165, 1.54) is 0 Å². The quantitative estimate of drug-likeness (QED) is 0.839. The van der Waals surface area contributed by atoms with Crippen molar-refractivity contribution in [1.82, 2.24) is 10.2 Å². The second-order valence-electron chi connectivity index (χ2n) is 8.42. The zero-order valence-electron chi connectivity index (χ0n) is 16.3. The number of hydrogen-bond donors (Lipinski definition) is 1. The van der Waals surface area contributed by atoms with E-state index in [1.807, 2.05) is 53.4 Å². The molecule has 0 atom stereocenters. The van der Waals surface area contributed by atoms with Crippen molar-refractivity contribution in [3.05, 3.63) is 0 Å². The van der Waals surface area contributed by atoms with E-state index in [2.05, 4.69) is 5.32 Å². The Morgan fingerprint density at radius 3 is 1.79 bits per heavy atom. The largest absolute Gasteiger partial charge is 0.444 e. The molecule has 2 fully saturated rings. The van der Waals surface area contributed by atoms with Crippen LogP contribution in [0.2, 0.25) is 0 Å². The van der Waals surface area contributed by atoms with E-state index in [1.54, 1.807) is 0 Å². The van der Waals surface area contributed by atoms with Crippen LogP contribution < -0.4 is 5.32 Å². The maximum atomic E-state index is 11.6. The second-order valence-corrected chi connectivity index (χ2v) is 8.42. The third kappa shape index (κ3) is 9.63. The summed E-state index contributed by atoms with van der Waals surface area (Å²) in [5.41, 5.74) is -0.752. The first-order chi connectivity index (χ1) is 10.9. The molecule has 0 aromatic heterocycles. The molecule has 6 nitrogen and oxygen atoms in total. The summed E-state index contributed by atoms with van der Waals surface area (Å²) < 4.78 is 10.3. The van der Waals surface area contributed by atoms with Gasteiger partial charge in [-0.3, -0.25) is 0 Å². The smallest absolute Gasteiger partial charge is 0.410 e. The Balaban J connectivity index is 0.000000243. The summed E-state index contributed by atoms with van der Waals surface area (Å²) in [6, 6.07) is 0.824. The molecule has 0 unspecified atom stereocenters. The first-order valence-electron chi connectivity index (χ1n) is 8.90. The van der Waals surface area contributed by atoms with Crippen LogP contribution in [-0.2, 0) is 9.47 Å². The Hall–Kier alpha value is -1.46. The third-order valence-corrected chi connectivity index (χ3v) is 3.25. The average molecular weight is 342 g/mol. The number of rotatable bonds is 3. The van der Waals surface area contributed by atoms with Crippen LogP contribution in [0.15, 0.2) is 0 Å². The fourth-order valence-corrected chi connectivity index (χ4v) is 1.95. The van der Waals surface area contributed by atoms with E-state index >= 15 is 0 Å². The lowest BCUT2D eigenvalue weighted by atomic mass is 10.2. The number of nitrogens with zero attached hydrogens (tertiary/aromatic N) is 1. The van der Waals surface area contributed by atoms with Gasteiger partial charge in [-0.25, -0.2) is 9.59 Å². The lowest BCUT2D eigenvalue weighted by molar-refractivity contribution is 0.0244. The summed E-state index contributed by atoms with van der Waals surface area (Å²) >= 11 is 0. The molecule has 0 spiro atoms. The van der Waals surface area contributed by atoms with Crippen molar-refractivity contribution in [3.63, 3.8) is 0 Å². The number of ether oxygens (including phenoxy) is 2. The van der Waals surface area contributed by atoms with Crippen molar-refractivity contribution in [1.29, 1.82) is 0 Å². The molecule has 2 aliphatic rings. The number of hydrogen-bond acceptors (Lipinski definition) is 4. The summed E-state index contributed by atoms with van der Waals surface area (Å²) in [6.45, 7) is 14.0. The predicted molar refractivity (Wildman–Crippen MR) is 94.0 cm³/mol. The molecule has 0 saturated heterocycles. The lowest BCUT2D eigenvalue weighted by Crippen LogP contribution is -2.38. The zero-order valence-corrected chi connectivity index (χ0v) is 16.3. The highest BCUT2D eigenvalue weighted by Gasteiger charge is 2.33. The molecule has 6 heteroatoms. The molecular formula is C18H34N2O4. The van der Waals surface area contributed by atoms with Gasteiger partial charge in [0, 0.05) is 18.6 Å². The van der Waals surface area contributed by atoms with Crippen LogP contribution in [-0.4, -0.2) is 46.9 Å². The van der Waals surface area contributed by atoms with Crippen LogP contribution in [0.3, 0.4) is 0 Å². The highest BCUT2D eigenvalue weighted by atomic mass is 16.6. The molecule has 2 rings (SSSR count). The Kier molecular flexibility index (Phi) is 6.93. The molecule has 2 saturated carbocycles. The van der Waals surface area contributed by atoms with Crippen LogP contribution >= 0.6 is 0 Å². The lowest BCUT2D eigenvalue weighted by Gasteiger charge is -2.26. The van der Waals surface area contributed by atoms with Gasteiger partial charge in [0.25, 0.3) is 0 Å². The van der Waals surface area contributed by atoms with E-state index in [4.69, 9.17) is 9.47 Å². The molecule has 0 aliphatic heterocycles. The van der Waals surface area contributed by atoms with E-state index in [0.717, 1.165) is 32.2 Å². The highest BCUT2D eigenvalue weighted by molar-refractivity contribution is 5.69. The monoisotopic (exact) mass is 342 g/mol. The third-order valence-electron chi connectivity index (χ3n) is 3.25. The second kappa shape index (κ2) is 8.08. The maximum absolute atomic E-state index is 11.6. The number of nitrogens with one attached hydrogen (secondary N) is 1.